The molecule has 1 aromatic rings. The fraction of sp³-hybridized carbons (Fsp3) is 0.462. The predicted octanol–water partition coefficient (Wildman–Crippen LogP) is 2.97. The van der Waals surface area contributed by atoms with Crippen LogP contribution in [0.4, 0.5) is 0 Å². The highest BCUT2D eigenvalue weighted by molar-refractivity contribution is 5.50. The lowest BCUT2D eigenvalue weighted by atomic mass is 10.1. The van der Waals surface area contributed by atoms with Crippen LogP contribution < -0.4 is 4.74 Å². The molecule has 1 rings (SSSR count). The monoisotopic (exact) mass is 206 g/mol. The largest absolute Gasteiger partial charge is 0.490 e. The maximum atomic E-state index is 10.4. The Labute approximate surface area is 91.3 Å². The van der Waals surface area contributed by atoms with Crippen LogP contribution in [0.25, 0.3) is 0 Å². The van der Waals surface area contributed by atoms with Crippen molar-refractivity contribution in [2.75, 3.05) is 0 Å². The molecule has 0 aliphatic heterocycles. The molecule has 2 heteroatoms. The SMILES string of the molecule is Cc1ccc(C)c(OC(C)CC=O)c1C. The number of aryl methyl sites for hydroxylation is 2. The van der Waals surface area contributed by atoms with Crippen molar-refractivity contribution in [2.45, 2.75) is 40.2 Å². The van der Waals surface area contributed by atoms with Crippen LogP contribution in [0, 0.1) is 20.8 Å². The summed E-state index contributed by atoms with van der Waals surface area (Å²) in [6.45, 7) is 8.04. The lowest BCUT2D eigenvalue weighted by Crippen LogP contribution is -2.13. The number of rotatable bonds is 4. The number of ether oxygens (including phenoxy) is 1. The van der Waals surface area contributed by atoms with Gasteiger partial charge in [0.2, 0.25) is 0 Å². The van der Waals surface area contributed by atoms with Crippen molar-refractivity contribution in [3.8, 4) is 5.75 Å². The summed E-state index contributed by atoms with van der Waals surface area (Å²) in [5.74, 6) is 0.921. The van der Waals surface area contributed by atoms with Gasteiger partial charge in [0.05, 0.1) is 0 Å². The summed E-state index contributed by atoms with van der Waals surface area (Å²) < 4.78 is 5.77. The van der Waals surface area contributed by atoms with Gasteiger partial charge in [0.15, 0.2) is 0 Å². The average Bonchev–Trinajstić information content (AvgIpc) is 2.19. The van der Waals surface area contributed by atoms with Crippen molar-refractivity contribution in [3.63, 3.8) is 0 Å². The van der Waals surface area contributed by atoms with Crippen molar-refractivity contribution in [1.29, 1.82) is 0 Å². The summed E-state index contributed by atoms with van der Waals surface area (Å²) in [6, 6.07) is 4.13. The van der Waals surface area contributed by atoms with Gasteiger partial charge in [-0.25, -0.2) is 0 Å². The normalized spacial score (nSPS) is 12.3. The zero-order chi connectivity index (χ0) is 11.4. The fourth-order valence-corrected chi connectivity index (χ4v) is 1.49. The quantitative estimate of drug-likeness (QED) is 0.708. The van der Waals surface area contributed by atoms with Gasteiger partial charge < -0.3 is 9.53 Å². The second-order valence-corrected chi connectivity index (χ2v) is 3.98. The van der Waals surface area contributed by atoms with Crippen LogP contribution in [0.5, 0.6) is 5.75 Å². The van der Waals surface area contributed by atoms with Gasteiger partial charge >= 0.3 is 0 Å². The smallest absolute Gasteiger partial charge is 0.125 e. The zero-order valence-corrected chi connectivity index (χ0v) is 9.83. The molecular formula is C13H18O2. The van der Waals surface area contributed by atoms with Gasteiger partial charge in [-0.2, -0.15) is 0 Å². The Morgan fingerprint density at radius 1 is 1.27 bits per heavy atom. The van der Waals surface area contributed by atoms with E-state index in [1.54, 1.807) is 0 Å². The van der Waals surface area contributed by atoms with Crippen LogP contribution in [0.2, 0.25) is 0 Å². The molecule has 0 aliphatic carbocycles. The third-order valence-corrected chi connectivity index (χ3v) is 2.62. The van der Waals surface area contributed by atoms with E-state index in [1.165, 1.54) is 5.56 Å². The Hall–Kier alpha value is -1.31. The minimum Gasteiger partial charge on any atom is -0.490 e. The Morgan fingerprint density at radius 3 is 2.47 bits per heavy atom. The van der Waals surface area contributed by atoms with E-state index in [0.717, 1.165) is 23.2 Å². The third-order valence-electron chi connectivity index (χ3n) is 2.62. The average molecular weight is 206 g/mol. The Morgan fingerprint density at radius 2 is 1.87 bits per heavy atom. The first-order valence-electron chi connectivity index (χ1n) is 5.23. The Bertz CT molecular complexity index is 356. The molecule has 0 aliphatic rings. The first-order chi connectivity index (χ1) is 7.06. The highest BCUT2D eigenvalue weighted by Gasteiger charge is 2.09. The molecule has 0 amide bonds. The molecule has 2 nitrogen and oxygen atoms in total. The third kappa shape index (κ3) is 2.82. The van der Waals surface area contributed by atoms with Gasteiger partial charge in [0.25, 0.3) is 0 Å². The molecule has 1 aromatic carbocycles. The molecular weight excluding hydrogens is 188 g/mol. The van der Waals surface area contributed by atoms with E-state index in [-0.39, 0.29) is 6.10 Å². The van der Waals surface area contributed by atoms with Gasteiger partial charge in [-0.05, 0) is 44.4 Å². The van der Waals surface area contributed by atoms with Crippen LogP contribution in [0.3, 0.4) is 0 Å². The number of carbonyl (C=O) groups excluding carboxylic acids is 1. The van der Waals surface area contributed by atoms with Crippen LogP contribution >= 0.6 is 0 Å². The molecule has 0 saturated carbocycles. The lowest BCUT2D eigenvalue weighted by Gasteiger charge is -2.17. The number of hydrogen-bond acceptors (Lipinski definition) is 2. The summed E-state index contributed by atoms with van der Waals surface area (Å²) >= 11 is 0. The Balaban J connectivity index is 2.93. The topological polar surface area (TPSA) is 26.3 Å². The summed E-state index contributed by atoms with van der Waals surface area (Å²) in [4.78, 5) is 10.4. The minimum atomic E-state index is -0.0540. The first-order valence-corrected chi connectivity index (χ1v) is 5.23. The standard InChI is InChI=1S/C13H18O2/c1-9-5-6-10(2)13(12(9)4)15-11(3)7-8-14/h5-6,8,11H,7H2,1-4H3. The van der Waals surface area contributed by atoms with Crippen LogP contribution in [-0.4, -0.2) is 12.4 Å². The second kappa shape index (κ2) is 4.96. The van der Waals surface area contributed by atoms with E-state index in [4.69, 9.17) is 4.74 Å². The van der Waals surface area contributed by atoms with Gasteiger partial charge in [-0.1, -0.05) is 12.1 Å². The zero-order valence-electron chi connectivity index (χ0n) is 9.83. The highest BCUT2D eigenvalue weighted by atomic mass is 16.5. The minimum absolute atomic E-state index is 0.0540. The number of aldehydes is 1. The summed E-state index contributed by atoms with van der Waals surface area (Å²) in [7, 11) is 0. The lowest BCUT2D eigenvalue weighted by molar-refractivity contribution is -0.109. The van der Waals surface area contributed by atoms with Gasteiger partial charge in [-0.3, -0.25) is 0 Å². The van der Waals surface area contributed by atoms with Crippen molar-refractivity contribution >= 4 is 6.29 Å². The van der Waals surface area contributed by atoms with Crippen molar-refractivity contribution in [3.05, 3.63) is 28.8 Å². The fourth-order valence-electron chi connectivity index (χ4n) is 1.49. The van der Waals surface area contributed by atoms with Crippen LogP contribution in [0.1, 0.15) is 30.0 Å². The molecule has 0 aromatic heterocycles. The maximum Gasteiger partial charge on any atom is 0.125 e. The van der Waals surface area contributed by atoms with E-state index >= 15 is 0 Å². The van der Waals surface area contributed by atoms with E-state index in [1.807, 2.05) is 26.8 Å². The molecule has 0 N–H and O–H groups in total. The predicted molar refractivity (Wildman–Crippen MR) is 61.4 cm³/mol. The molecule has 15 heavy (non-hydrogen) atoms. The molecule has 1 atom stereocenters. The number of benzene rings is 1. The van der Waals surface area contributed by atoms with E-state index in [9.17, 15) is 4.79 Å². The van der Waals surface area contributed by atoms with Crippen LogP contribution in [0.15, 0.2) is 12.1 Å². The Kier molecular flexibility index (Phi) is 3.89. The second-order valence-electron chi connectivity index (χ2n) is 3.98. The maximum absolute atomic E-state index is 10.4. The van der Waals surface area contributed by atoms with Crippen molar-refractivity contribution in [1.82, 2.24) is 0 Å². The molecule has 82 valence electrons. The molecule has 0 fully saturated rings. The van der Waals surface area contributed by atoms with Crippen molar-refractivity contribution in [2.24, 2.45) is 0 Å². The molecule has 0 spiro atoms. The summed E-state index contributed by atoms with van der Waals surface area (Å²) in [5, 5.41) is 0. The summed E-state index contributed by atoms with van der Waals surface area (Å²) in [5.41, 5.74) is 3.50. The van der Waals surface area contributed by atoms with Gasteiger partial charge in [0, 0.05) is 6.42 Å². The molecule has 1 unspecified atom stereocenters. The molecule has 0 bridgehead atoms. The first kappa shape index (κ1) is 11.8. The summed E-state index contributed by atoms with van der Waals surface area (Å²) in [6.07, 6.45) is 1.28. The van der Waals surface area contributed by atoms with Gasteiger partial charge in [-0.15, -0.1) is 0 Å². The molecule has 0 heterocycles. The molecule has 0 radical (unpaired) electrons. The highest BCUT2D eigenvalue weighted by Crippen LogP contribution is 2.26. The van der Waals surface area contributed by atoms with E-state index in [0.29, 0.717) is 6.42 Å². The van der Waals surface area contributed by atoms with E-state index < -0.39 is 0 Å². The molecule has 0 saturated heterocycles. The number of hydrogen-bond donors (Lipinski definition) is 0. The van der Waals surface area contributed by atoms with Crippen LogP contribution in [-0.2, 0) is 4.79 Å². The van der Waals surface area contributed by atoms with Gasteiger partial charge in [0.1, 0.15) is 18.1 Å². The van der Waals surface area contributed by atoms with Crippen molar-refractivity contribution < 1.29 is 9.53 Å². The van der Waals surface area contributed by atoms with E-state index in [2.05, 4.69) is 13.0 Å². The number of carbonyl (C=O) groups is 1.